The summed E-state index contributed by atoms with van der Waals surface area (Å²) in [5.41, 5.74) is 0.862. The second-order valence-electron chi connectivity index (χ2n) is 7.47. The van der Waals surface area contributed by atoms with Crippen molar-refractivity contribution in [1.29, 1.82) is 0 Å². The monoisotopic (exact) mass is 253 g/mol. The average molecular weight is 253 g/mol. The van der Waals surface area contributed by atoms with Crippen LogP contribution < -0.4 is 5.32 Å². The Balaban J connectivity index is 1.96. The molecule has 2 heteroatoms. The normalized spacial score (nSPS) is 41.0. The van der Waals surface area contributed by atoms with Crippen molar-refractivity contribution < 1.29 is 4.74 Å². The molecule has 0 aromatic rings. The van der Waals surface area contributed by atoms with Crippen LogP contribution >= 0.6 is 0 Å². The van der Waals surface area contributed by atoms with Gasteiger partial charge in [0.05, 0.1) is 12.2 Å². The van der Waals surface area contributed by atoms with Gasteiger partial charge in [0, 0.05) is 6.04 Å². The highest BCUT2D eigenvalue weighted by atomic mass is 16.5. The number of rotatable bonds is 5. The molecule has 106 valence electrons. The van der Waals surface area contributed by atoms with Crippen molar-refractivity contribution in [3.05, 3.63) is 0 Å². The molecule has 2 aliphatic carbocycles. The van der Waals surface area contributed by atoms with Gasteiger partial charge in [-0.25, -0.2) is 0 Å². The molecule has 0 heterocycles. The molecule has 2 rings (SSSR count). The summed E-state index contributed by atoms with van der Waals surface area (Å²) in [5.74, 6) is 0.876. The summed E-state index contributed by atoms with van der Waals surface area (Å²) in [4.78, 5) is 0. The van der Waals surface area contributed by atoms with E-state index in [0.717, 1.165) is 12.3 Å². The molecule has 2 nitrogen and oxygen atoms in total. The van der Waals surface area contributed by atoms with Crippen LogP contribution in [0.3, 0.4) is 0 Å². The summed E-state index contributed by atoms with van der Waals surface area (Å²) in [5, 5.41) is 3.30. The lowest BCUT2D eigenvalue weighted by molar-refractivity contribution is -0.0840. The smallest absolute Gasteiger partial charge is 0.0640 e. The molecule has 0 aromatic heterocycles. The van der Waals surface area contributed by atoms with Crippen molar-refractivity contribution in [2.45, 2.75) is 78.6 Å². The van der Waals surface area contributed by atoms with E-state index < -0.39 is 0 Å². The lowest BCUT2D eigenvalue weighted by Gasteiger charge is -2.40. The molecule has 5 atom stereocenters. The van der Waals surface area contributed by atoms with Gasteiger partial charge in [0.15, 0.2) is 0 Å². The summed E-state index contributed by atoms with van der Waals surface area (Å²) < 4.78 is 6.42. The first-order chi connectivity index (χ1) is 8.31. The fourth-order valence-corrected chi connectivity index (χ4v) is 4.29. The van der Waals surface area contributed by atoms with Crippen molar-refractivity contribution in [3.8, 4) is 0 Å². The van der Waals surface area contributed by atoms with Crippen molar-refractivity contribution in [3.63, 3.8) is 0 Å². The maximum atomic E-state index is 6.42. The van der Waals surface area contributed by atoms with Crippen LogP contribution in [-0.2, 0) is 4.74 Å². The molecular weight excluding hydrogens is 222 g/mol. The zero-order chi connectivity index (χ0) is 13.6. The Kier molecular flexibility index (Phi) is 3.81. The van der Waals surface area contributed by atoms with Gasteiger partial charge in [-0.3, -0.25) is 0 Å². The van der Waals surface area contributed by atoms with Gasteiger partial charge in [0.2, 0.25) is 0 Å². The molecule has 1 N–H and O–H groups in total. The van der Waals surface area contributed by atoms with Gasteiger partial charge < -0.3 is 10.1 Å². The van der Waals surface area contributed by atoms with Crippen LogP contribution in [0.15, 0.2) is 0 Å². The Hall–Kier alpha value is -0.0800. The van der Waals surface area contributed by atoms with Crippen LogP contribution in [0.25, 0.3) is 0 Å². The minimum absolute atomic E-state index is 0.365. The molecule has 2 bridgehead atoms. The molecule has 0 aromatic carbocycles. The molecule has 0 radical (unpaired) electrons. The molecule has 2 fully saturated rings. The average Bonchev–Trinajstić information content (AvgIpc) is 2.61. The largest absolute Gasteiger partial charge is 0.375 e. The Bertz CT molecular complexity index is 301. The van der Waals surface area contributed by atoms with Gasteiger partial charge in [-0.15, -0.1) is 0 Å². The number of nitrogens with one attached hydrogen (secondary N) is 1. The number of hydrogen-bond donors (Lipinski definition) is 1. The predicted molar refractivity (Wildman–Crippen MR) is 76.7 cm³/mol. The van der Waals surface area contributed by atoms with Gasteiger partial charge in [-0.05, 0) is 63.3 Å². The van der Waals surface area contributed by atoms with E-state index in [-0.39, 0.29) is 0 Å². The zero-order valence-electron chi connectivity index (χ0n) is 13.0. The van der Waals surface area contributed by atoms with Crippen LogP contribution in [0, 0.1) is 16.7 Å². The molecule has 0 spiro atoms. The minimum atomic E-state index is 0.365. The molecule has 0 saturated heterocycles. The highest BCUT2D eigenvalue weighted by molar-refractivity contribution is 5.11. The van der Waals surface area contributed by atoms with Crippen LogP contribution in [0.4, 0.5) is 0 Å². The van der Waals surface area contributed by atoms with Crippen molar-refractivity contribution in [2.24, 2.45) is 16.7 Å². The number of hydrogen-bond acceptors (Lipinski definition) is 2. The molecule has 0 amide bonds. The second-order valence-corrected chi connectivity index (χ2v) is 7.47. The third-order valence-electron chi connectivity index (χ3n) is 6.29. The molecule has 2 saturated carbocycles. The first-order valence-electron chi connectivity index (χ1n) is 7.64. The lowest BCUT2D eigenvalue weighted by Crippen LogP contribution is -2.39. The SMILES string of the molecule is CNC(C)CC(C)OC1CC2CCC1(C)C2(C)C. The third kappa shape index (κ3) is 2.12. The standard InChI is InChI=1S/C16H31NO/c1-11(17-6)9-12(2)18-14-10-13-7-8-16(14,5)15(13,3)4/h11-14,17H,7-10H2,1-6H3. The summed E-state index contributed by atoms with van der Waals surface area (Å²) in [6.07, 6.45) is 5.99. The van der Waals surface area contributed by atoms with E-state index in [1.54, 1.807) is 0 Å². The van der Waals surface area contributed by atoms with E-state index in [0.29, 0.717) is 29.1 Å². The van der Waals surface area contributed by atoms with E-state index >= 15 is 0 Å². The van der Waals surface area contributed by atoms with E-state index in [2.05, 4.69) is 39.9 Å². The van der Waals surface area contributed by atoms with Crippen LogP contribution in [0.2, 0.25) is 0 Å². The quantitative estimate of drug-likeness (QED) is 0.808. The van der Waals surface area contributed by atoms with Gasteiger partial charge in [-0.2, -0.15) is 0 Å². The van der Waals surface area contributed by atoms with Gasteiger partial charge in [0.1, 0.15) is 0 Å². The van der Waals surface area contributed by atoms with Gasteiger partial charge in [0.25, 0.3) is 0 Å². The van der Waals surface area contributed by atoms with Gasteiger partial charge in [-0.1, -0.05) is 20.8 Å². The van der Waals surface area contributed by atoms with E-state index in [1.165, 1.54) is 19.3 Å². The predicted octanol–water partition coefficient (Wildman–Crippen LogP) is 3.60. The Labute approximate surface area is 113 Å². The molecular formula is C16H31NO. The third-order valence-corrected chi connectivity index (χ3v) is 6.29. The Morgan fingerprint density at radius 2 is 1.94 bits per heavy atom. The topological polar surface area (TPSA) is 21.3 Å². The summed E-state index contributed by atoms with van der Waals surface area (Å²) >= 11 is 0. The van der Waals surface area contributed by atoms with Crippen molar-refractivity contribution >= 4 is 0 Å². The van der Waals surface area contributed by atoms with Gasteiger partial charge >= 0.3 is 0 Å². The maximum Gasteiger partial charge on any atom is 0.0640 e. The van der Waals surface area contributed by atoms with E-state index in [4.69, 9.17) is 4.74 Å². The molecule has 5 unspecified atom stereocenters. The van der Waals surface area contributed by atoms with E-state index in [9.17, 15) is 0 Å². The highest BCUT2D eigenvalue weighted by Gasteiger charge is 2.62. The fourth-order valence-electron chi connectivity index (χ4n) is 4.29. The summed E-state index contributed by atoms with van der Waals surface area (Å²) in [6.45, 7) is 11.8. The highest BCUT2D eigenvalue weighted by Crippen LogP contribution is 2.66. The van der Waals surface area contributed by atoms with Crippen molar-refractivity contribution in [1.82, 2.24) is 5.32 Å². The first kappa shape index (κ1) is 14.3. The Morgan fingerprint density at radius 1 is 1.28 bits per heavy atom. The summed E-state index contributed by atoms with van der Waals surface area (Å²) in [7, 11) is 2.03. The van der Waals surface area contributed by atoms with Crippen LogP contribution in [0.5, 0.6) is 0 Å². The number of ether oxygens (including phenoxy) is 1. The zero-order valence-corrected chi connectivity index (χ0v) is 13.0. The molecule has 0 aliphatic heterocycles. The minimum Gasteiger partial charge on any atom is -0.375 e. The van der Waals surface area contributed by atoms with Crippen LogP contribution in [0.1, 0.15) is 60.3 Å². The summed E-state index contributed by atoms with van der Waals surface area (Å²) in [6, 6.07) is 0.541. The Morgan fingerprint density at radius 3 is 2.39 bits per heavy atom. The number of fused-ring (bicyclic) bond motifs is 2. The molecule has 2 aliphatic rings. The van der Waals surface area contributed by atoms with Crippen LogP contribution in [-0.4, -0.2) is 25.3 Å². The fraction of sp³-hybridized carbons (Fsp3) is 1.00. The maximum absolute atomic E-state index is 6.42. The van der Waals surface area contributed by atoms with Crippen molar-refractivity contribution in [2.75, 3.05) is 7.05 Å². The first-order valence-corrected chi connectivity index (χ1v) is 7.64. The van der Waals surface area contributed by atoms with E-state index in [1.807, 2.05) is 7.05 Å². The molecule has 18 heavy (non-hydrogen) atoms. The lowest BCUT2D eigenvalue weighted by atomic mass is 9.70. The second kappa shape index (κ2) is 4.79.